The standard InChI is InChI=1S/C27H41N9O6/c1-14(2)22(29)25(40)34-18(9-10-21(28)37)23(38)36-20(12-15-13-33-17-7-4-3-6-16(15)17)24(39)35-19(26(41)42)8-5-11-32-27(30)31/h3-4,6-7,13-14,18-20,22,33H,5,8-12,29H2,1-2H3,(H2,28,37)(H,34,40)(H,35,39)(H,36,38)(H,41,42)(H4,30,31,32). The topological polar surface area (TPSA) is 274 Å². The van der Waals surface area contributed by atoms with Gasteiger partial charge in [0, 0.05) is 36.5 Å². The number of hydrogen-bond donors (Lipinski definition) is 9. The molecule has 4 amide bonds. The van der Waals surface area contributed by atoms with Gasteiger partial charge in [0.1, 0.15) is 18.1 Å². The minimum absolute atomic E-state index is 0.0100. The minimum atomic E-state index is -1.29. The van der Waals surface area contributed by atoms with Crippen LogP contribution in [0.15, 0.2) is 35.5 Å². The van der Waals surface area contributed by atoms with Crippen molar-refractivity contribution in [1.82, 2.24) is 20.9 Å². The summed E-state index contributed by atoms with van der Waals surface area (Å²) in [6.45, 7) is 3.64. The van der Waals surface area contributed by atoms with Gasteiger partial charge < -0.3 is 49.0 Å². The van der Waals surface area contributed by atoms with Gasteiger partial charge in [0.15, 0.2) is 5.96 Å². The van der Waals surface area contributed by atoms with E-state index in [0.717, 1.165) is 10.9 Å². The summed E-state index contributed by atoms with van der Waals surface area (Å²) in [7, 11) is 0. The molecule has 0 spiro atoms. The van der Waals surface area contributed by atoms with Crippen molar-refractivity contribution in [3.8, 4) is 0 Å². The largest absolute Gasteiger partial charge is 0.480 e. The van der Waals surface area contributed by atoms with Crippen molar-refractivity contribution < 1.29 is 29.1 Å². The Bertz CT molecular complexity index is 1290. The summed E-state index contributed by atoms with van der Waals surface area (Å²) in [5, 5.41) is 18.1. The van der Waals surface area contributed by atoms with Gasteiger partial charge in [-0.25, -0.2) is 4.79 Å². The average Bonchev–Trinajstić information content (AvgIpc) is 3.33. The number of guanidine groups is 1. The lowest BCUT2D eigenvalue weighted by molar-refractivity contribution is -0.142. The molecule has 0 saturated heterocycles. The van der Waals surface area contributed by atoms with Crippen molar-refractivity contribution in [3.63, 3.8) is 0 Å². The van der Waals surface area contributed by atoms with E-state index in [2.05, 4.69) is 25.9 Å². The van der Waals surface area contributed by atoms with E-state index in [-0.39, 0.29) is 50.5 Å². The van der Waals surface area contributed by atoms with Gasteiger partial charge in [-0.15, -0.1) is 0 Å². The number of amides is 4. The highest BCUT2D eigenvalue weighted by atomic mass is 16.4. The normalized spacial score (nSPS) is 13.9. The molecule has 0 aliphatic carbocycles. The number of rotatable bonds is 17. The van der Waals surface area contributed by atoms with Crippen LogP contribution < -0.4 is 38.9 Å². The van der Waals surface area contributed by atoms with Crippen LogP contribution in [0.5, 0.6) is 0 Å². The van der Waals surface area contributed by atoms with E-state index < -0.39 is 53.8 Å². The Hall–Kier alpha value is -4.66. The molecule has 1 aromatic heterocycles. The molecule has 230 valence electrons. The number of carboxylic acid groups (broad SMARTS) is 1. The molecule has 4 unspecified atom stereocenters. The van der Waals surface area contributed by atoms with Crippen LogP contribution in [0.4, 0.5) is 0 Å². The molecule has 0 fully saturated rings. The number of carbonyl (C=O) groups excluding carboxylic acids is 4. The number of aliphatic carboxylic acids is 1. The first-order chi connectivity index (χ1) is 19.8. The number of nitrogens with one attached hydrogen (secondary N) is 4. The summed E-state index contributed by atoms with van der Waals surface area (Å²) >= 11 is 0. The van der Waals surface area contributed by atoms with Gasteiger partial charge in [0.2, 0.25) is 23.6 Å². The molecule has 4 atom stereocenters. The molecular formula is C27H41N9O6. The SMILES string of the molecule is CC(C)C(N)C(=O)NC(CCC(N)=O)C(=O)NC(Cc1c[nH]c2ccccc12)C(=O)NC(CCCN=C(N)N)C(=O)O. The van der Waals surface area contributed by atoms with Crippen molar-refractivity contribution in [1.29, 1.82) is 0 Å². The molecule has 0 saturated carbocycles. The second kappa shape index (κ2) is 16.0. The fourth-order valence-corrected chi connectivity index (χ4v) is 4.16. The summed E-state index contributed by atoms with van der Waals surface area (Å²) in [5.74, 6) is -4.47. The molecular weight excluding hydrogens is 546 g/mol. The lowest BCUT2D eigenvalue weighted by atomic mass is 10.0. The number of aromatic nitrogens is 1. The van der Waals surface area contributed by atoms with Crippen molar-refractivity contribution in [3.05, 3.63) is 36.0 Å². The number of carboxylic acids is 1. The maximum absolute atomic E-state index is 13.5. The molecule has 0 bridgehead atoms. The van der Waals surface area contributed by atoms with E-state index in [9.17, 15) is 29.1 Å². The zero-order chi connectivity index (χ0) is 31.4. The fraction of sp³-hybridized carbons (Fsp3) is 0.481. The number of nitrogens with two attached hydrogens (primary N) is 4. The Balaban J connectivity index is 2.32. The smallest absolute Gasteiger partial charge is 0.326 e. The summed E-state index contributed by atoms with van der Waals surface area (Å²) in [5.41, 5.74) is 23.3. The van der Waals surface area contributed by atoms with Gasteiger partial charge >= 0.3 is 5.97 Å². The summed E-state index contributed by atoms with van der Waals surface area (Å²) in [4.78, 5) is 69.8. The van der Waals surface area contributed by atoms with Crippen LogP contribution in [-0.4, -0.2) is 76.4 Å². The third kappa shape index (κ3) is 10.4. The predicted molar refractivity (Wildman–Crippen MR) is 157 cm³/mol. The Kier molecular flexibility index (Phi) is 12.7. The van der Waals surface area contributed by atoms with E-state index in [4.69, 9.17) is 22.9 Å². The fourth-order valence-electron chi connectivity index (χ4n) is 4.16. The molecule has 2 aromatic rings. The van der Waals surface area contributed by atoms with Crippen molar-refractivity contribution >= 4 is 46.5 Å². The summed E-state index contributed by atoms with van der Waals surface area (Å²) in [6.07, 6.45) is 1.62. The second-order valence-corrected chi connectivity index (χ2v) is 10.3. The monoisotopic (exact) mass is 587 g/mol. The summed E-state index contributed by atoms with van der Waals surface area (Å²) in [6, 6.07) is 2.64. The Morgan fingerprint density at radius 1 is 0.905 bits per heavy atom. The highest BCUT2D eigenvalue weighted by molar-refractivity contribution is 5.95. The van der Waals surface area contributed by atoms with Crippen LogP contribution >= 0.6 is 0 Å². The number of carbonyl (C=O) groups is 5. The highest BCUT2D eigenvalue weighted by Crippen LogP contribution is 2.19. The number of fused-ring (bicyclic) bond motifs is 1. The zero-order valence-electron chi connectivity index (χ0n) is 23.8. The number of primary amides is 1. The van der Waals surface area contributed by atoms with Crippen LogP contribution in [0, 0.1) is 5.92 Å². The third-order valence-electron chi connectivity index (χ3n) is 6.63. The van der Waals surface area contributed by atoms with Gasteiger partial charge in [-0.1, -0.05) is 32.0 Å². The van der Waals surface area contributed by atoms with Gasteiger partial charge in [-0.05, 0) is 36.8 Å². The number of hydrogen-bond acceptors (Lipinski definition) is 7. The predicted octanol–water partition coefficient (Wildman–Crippen LogP) is -1.45. The second-order valence-electron chi connectivity index (χ2n) is 10.3. The van der Waals surface area contributed by atoms with Gasteiger partial charge in [0.05, 0.1) is 6.04 Å². The number of H-pyrrole nitrogens is 1. The number of aliphatic imine (C=N–C) groups is 1. The highest BCUT2D eigenvalue weighted by Gasteiger charge is 2.31. The minimum Gasteiger partial charge on any atom is -0.480 e. The summed E-state index contributed by atoms with van der Waals surface area (Å²) < 4.78 is 0. The number of para-hydroxylation sites is 1. The van der Waals surface area contributed by atoms with Crippen molar-refractivity contribution in [2.24, 2.45) is 33.8 Å². The molecule has 2 rings (SSSR count). The van der Waals surface area contributed by atoms with Gasteiger partial charge in [-0.2, -0.15) is 0 Å². The average molecular weight is 588 g/mol. The first-order valence-corrected chi connectivity index (χ1v) is 13.6. The molecule has 13 N–H and O–H groups in total. The third-order valence-corrected chi connectivity index (χ3v) is 6.63. The van der Waals surface area contributed by atoms with Crippen LogP contribution in [-0.2, 0) is 30.4 Å². The molecule has 15 heteroatoms. The van der Waals surface area contributed by atoms with Crippen LogP contribution in [0.1, 0.15) is 45.1 Å². The molecule has 0 aliphatic heterocycles. The lowest BCUT2D eigenvalue weighted by Crippen LogP contribution is -2.58. The molecule has 42 heavy (non-hydrogen) atoms. The quantitative estimate of drug-likeness (QED) is 0.0594. The molecule has 15 nitrogen and oxygen atoms in total. The number of nitrogens with zero attached hydrogens (tertiary/aromatic N) is 1. The van der Waals surface area contributed by atoms with E-state index >= 15 is 0 Å². The van der Waals surface area contributed by atoms with E-state index in [1.165, 1.54) is 0 Å². The zero-order valence-corrected chi connectivity index (χ0v) is 23.8. The maximum Gasteiger partial charge on any atom is 0.326 e. The Labute approximate surface area is 243 Å². The van der Waals surface area contributed by atoms with E-state index in [1.54, 1.807) is 20.0 Å². The number of aromatic amines is 1. The van der Waals surface area contributed by atoms with E-state index in [1.807, 2.05) is 24.3 Å². The van der Waals surface area contributed by atoms with Crippen LogP contribution in [0.25, 0.3) is 10.9 Å². The molecule has 1 heterocycles. The van der Waals surface area contributed by atoms with Crippen LogP contribution in [0.3, 0.4) is 0 Å². The maximum atomic E-state index is 13.5. The van der Waals surface area contributed by atoms with Gasteiger partial charge in [0.25, 0.3) is 0 Å². The Morgan fingerprint density at radius 3 is 2.14 bits per heavy atom. The lowest BCUT2D eigenvalue weighted by Gasteiger charge is -2.25. The van der Waals surface area contributed by atoms with Crippen molar-refractivity contribution in [2.45, 2.75) is 70.1 Å². The number of benzene rings is 1. The molecule has 1 aromatic carbocycles. The Morgan fingerprint density at radius 2 is 1.52 bits per heavy atom. The first kappa shape index (κ1) is 33.5. The van der Waals surface area contributed by atoms with Crippen molar-refractivity contribution in [2.75, 3.05) is 6.54 Å². The van der Waals surface area contributed by atoms with E-state index in [0.29, 0.717) is 5.56 Å². The molecule has 0 radical (unpaired) electrons. The molecule has 0 aliphatic rings. The first-order valence-electron chi connectivity index (χ1n) is 13.6. The van der Waals surface area contributed by atoms with Crippen LogP contribution in [0.2, 0.25) is 0 Å². The van der Waals surface area contributed by atoms with Gasteiger partial charge in [-0.3, -0.25) is 24.2 Å².